The highest BCUT2D eigenvalue weighted by atomic mass is 16.6. The Hall–Kier alpha value is -2.15. The van der Waals surface area contributed by atoms with E-state index in [1.54, 1.807) is 0 Å². The lowest BCUT2D eigenvalue weighted by Crippen LogP contribution is -2.55. The highest BCUT2D eigenvalue weighted by molar-refractivity contribution is 5.72. The molecule has 2 unspecified atom stereocenters. The van der Waals surface area contributed by atoms with Gasteiger partial charge in [-0.25, -0.2) is 4.79 Å². The number of nitro benzene ring substituents is 1. The molecule has 3 rings (SSSR count). The van der Waals surface area contributed by atoms with Gasteiger partial charge in [-0.3, -0.25) is 15.0 Å². The molecule has 1 amide bonds. The fraction of sp³-hybridized carbons (Fsp3) is 0.500. The van der Waals surface area contributed by atoms with E-state index in [0.29, 0.717) is 5.75 Å². The summed E-state index contributed by atoms with van der Waals surface area (Å²) in [6, 6.07) is 5.99. The molecule has 0 aliphatic carbocycles. The molecule has 112 valence electrons. The van der Waals surface area contributed by atoms with Gasteiger partial charge in [0.15, 0.2) is 0 Å². The smallest absolute Gasteiger partial charge is 0.410 e. The van der Waals surface area contributed by atoms with Gasteiger partial charge in [0, 0.05) is 37.3 Å². The van der Waals surface area contributed by atoms with Crippen LogP contribution in [0.2, 0.25) is 0 Å². The van der Waals surface area contributed by atoms with E-state index in [9.17, 15) is 14.9 Å². The Morgan fingerprint density at radius 1 is 1.24 bits per heavy atom. The summed E-state index contributed by atoms with van der Waals surface area (Å²) in [5.41, 5.74) is -0.0190. The SMILES string of the molecule is CN1CC2CCC(C1)N2C(=O)Oc1ccc([N+](=O)[O-])cc1. The van der Waals surface area contributed by atoms with Crippen LogP contribution in [0, 0.1) is 10.1 Å². The van der Waals surface area contributed by atoms with E-state index in [4.69, 9.17) is 4.74 Å². The minimum Gasteiger partial charge on any atom is -0.410 e. The predicted octanol–water partition coefficient (Wildman–Crippen LogP) is 1.87. The van der Waals surface area contributed by atoms with Crippen LogP contribution in [0.25, 0.3) is 0 Å². The molecule has 7 nitrogen and oxygen atoms in total. The van der Waals surface area contributed by atoms with Gasteiger partial charge in [0.2, 0.25) is 0 Å². The molecule has 2 heterocycles. The van der Waals surface area contributed by atoms with Crippen LogP contribution in [0.15, 0.2) is 24.3 Å². The number of ether oxygens (including phenoxy) is 1. The lowest BCUT2D eigenvalue weighted by atomic mass is 10.2. The molecule has 0 saturated carbocycles. The third-order valence-electron chi connectivity index (χ3n) is 4.13. The van der Waals surface area contributed by atoms with E-state index in [0.717, 1.165) is 25.9 Å². The molecule has 0 spiro atoms. The molecule has 0 radical (unpaired) electrons. The van der Waals surface area contributed by atoms with Crippen molar-refractivity contribution in [1.82, 2.24) is 9.80 Å². The maximum Gasteiger partial charge on any atom is 0.415 e. The van der Waals surface area contributed by atoms with Crippen molar-refractivity contribution >= 4 is 11.8 Å². The van der Waals surface area contributed by atoms with Crippen molar-refractivity contribution in [2.75, 3.05) is 20.1 Å². The number of fused-ring (bicyclic) bond motifs is 2. The standard InChI is InChI=1S/C14H17N3O4/c1-15-8-11-2-3-12(9-15)16(11)14(18)21-13-6-4-10(5-7-13)17(19)20/h4-7,11-12H,2-3,8-9H2,1H3. The molecule has 2 aliphatic heterocycles. The number of rotatable bonds is 2. The zero-order chi connectivity index (χ0) is 15.0. The number of likely N-dealkylation sites (tertiary alicyclic amines) is 1. The summed E-state index contributed by atoms with van der Waals surface area (Å²) < 4.78 is 5.35. The van der Waals surface area contributed by atoms with Crippen LogP contribution in [-0.4, -0.2) is 53.0 Å². The summed E-state index contributed by atoms with van der Waals surface area (Å²) in [4.78, 5) is 26.5. The number of amides is 1. The third kappa shape index (κ3) is 2.69. The normalized spacial score (nSPS) is 24.9. The molecule has 2 atom stereocenters. The molecule has 2 bridgehead atoms. The molecule has 2 aliphatic rings. The maximum absolute atomic E-state index is 12.3. The number of carbonyl (C=O) groups is 1. The molecule has 0 aromatic heterocycles. The van der Waals surface area contributed by atoms with Crippen LogP contribution >= 0.6 is 0 Å². The van der Waals surface area contributed by atoms with Crippen molar-refractivity contribution in [3.05, 3.63) is 34.4 Å². The highest BCUT2D eigenvalue weighted by Gasteiger charge is 2.42. The Morgan fingerprint density at radius 3 is 2.33 bits per heavy atom. The van der Waals surface area contributed by atoms with Gasteiger partial charge in [-0.15, -0.1) is 0 Å². The van der Waals surface area contributed by atoms with Gasteiger partial charge in [0.25, 0.3) is 5.69 Å². The van der Waals surface area contributed by atoms with Crippen molar-refractivity contribution < 1.29 is 14.5 Å². The lowest BCUT2D eigenvalue weighted by Gasteiger charge is -2.38. The van der Waals surface area contributed by atoms with Crippen molar-refractivity contribution in [3.8, 4) is 5.75 Å². The molecule has 1 aromatic rings. The Bertz CT molecular complexity index is 546. The van der Waals surface area contributed by atoms with Crippen LogP contribution in [0.1, 0.15) is 12.8 Å². The minimum atomic E-state index is -0.480. The minimum absolute atomic E-state index is 0.0190. The summed E-state index contributed by atoms with van der Waals surface area (Å²) in [6.07, 6.45) is 1.65. The van der Waals surface area contributed by atoms with Crippen LogP contribution in [0.3, 0.4) is 0 Å². The average molecular weight is 291 g/mol. The van der Waals surface area contributed by atoms with Gasteiger partial charge in [0.05, 0.1) is 4.92 Å². The Kier molecular flexibility index (Phi) is 3.50. The molecule has 0 N–H and O–H groups in total. The second-order valence-corrected chi connectivity index (χ2v) is 5.63. The Morgan fingerprint density at radius 2 is 1.81 bits per heavy atom. The number of hydrogen-bond acceptors (Lipinski definition) is 5. The molecule has 21 heavy (non-hydrogen) atoms. The number of hydrogen-bond donors (Lipinski definition) is 0. The zero-order valence-corrected chi connectivity index (χ0v) is 11.8. The maximum atomic E-state index is 12.3. The zero-order valence-electron chi connectivity index (χ0n) is 11.8. The van der Waals surface area contributed by atoms with E-state index in [1.165, 1.54) is 24.3 Å². The van der Waals surface area contributed by atoms with Crippen LogP contribution in [0.4, 0.5) is 10.5 Å². The van der Waals surface area contributed by atoms with Crippen molar-refractivity contribution in [1.29, 1.82) is 0 Å². The molecule has 7 heteroatoms. The number of benzene rings is 1. The second-order valence-electron chi connectivity index (χ2n) is 5.63. The molecule has 2 fully saturated rings. The number of nitro groups is 1. The Labute approximate surface area is 122 Å². The average Bonchev–Trinajstić information content (AvgIpc) is 2.72. The third-order valence-corrected chi connectivity index (χ3v) is 4.13. The Balaban J connectivity index is 1.68. The van der Waals surface area contributed by atoms with Gasteiger partial charge in [0.1, 0.15) is 5.75 Å². The number of likely N-dealkylation sites (N-methyl/N-ethyl adjacent to an activating group) is 1. The summed E-state index contributed by atoms with van der Waals surface area (Å²) in [7, 11) is 2.06. The van der Waals surface area contributed by atoms with Crippen LogP contribution in [-0.2, 0) is 0 Å². The van der Waals surface area contributed by atoms with Crippen molar-refractivity contribution in [2.24, 2.45) is 0 Å². The first-order valence-electron chi connectivity index (χ1n) is 6.98. The van der Waals surface area contributed by atoms with Crippen molar-refractivity contribution in [3.63, 3.8) is 0 Å². The summed E-state index contributed by atoms with van der Waals surface area (Å²) >= 11 is 0. The second kappa shape index (κ2) is 5.33. The number of carbonyl (C=O) groups excluding carboxylic acids is 1. The molecule has 1 aromatic carbocycles. The number of non-ortho nitro benzene ring substituents is 1. The molecule has 2 saturated heterocycles. The first-order valence-corrected chi connectivity index (χ1v) is 6.98. The highest BCUT2D eigenvalue weighted by Crippen LogP contribution is 2.30. The van der Waals surface area contributed by atoms with E-state index < -0.39 is 4.92 Å². The lowest BCUT2D eigenvalue weighted by molar-refractivity contribution is -0.384. The molecular formula is C14H17N3O4. The van der Waals surface area contributed by atoms with Crippen LogP contribution in [0.5, 0.6) is 5.75 Å². The fourth-order valence-electron chi connectivity index (χ4n) is 3.20. The van der Waals surface area contributed by atoms with E-state index in [1.807, 2.05) is 4.90 Å². The van der Waals surface area contributed by atoms with Gasteiger partial charge >= 0.3 is 6.09 Å². The predicted molar refractivity (Wildman–Crippen MR) is 75.3 cm³/mol. The first-order chi connectivity index (χ1) is 10.0. The summed E-state index contributed by atoms with van der Waals surface area (Å²) in [6.45, 7) is 1.73. The topological polar surface area (TPSA) is 75.9 Å². The van der Waals surface area contributed by atoms with Gasteiger partial charge in [-0.05, 0) is 32.0 Å². The van der Waals surface area contributed by atoms with E-state index in [2.05, 4.69) is 11.9 Å². The number of piperazine rings is 1. The summed E-state index contributed by atoms with van der Waals surface area (Å²) in [5, 5.41) is 10.6. The fourth-order valence-corrected chi connectivity index (χ4v) is 3.20. The summed E-state index contributed by atoms with van der Waals surface area (Å²) in [5.74, 6) is 0.337. The van der Waals surface area contributed by atoms with E-state index in [-0.39, 0.29) is 23.9 Å². The monoisotopic (exact) mass is 291 g/mol. The largest absolute Gasteiger partial charge is 0.415 e. The van der Waals surface area contributed by atoms with Crippen molar-refractivity contribution in [2.45, 2.75) is 24.9 Å². The van der Waals surface area contributed by atoms with E-state index >= 15 is 0 Å². The molecular weight excluding hydrogens is 274 g/mol. The quantitative estimate of drug-likeness (QED) is 0.614. The van der Waals surface area contributed by atoms with Crippen LogP contribution < -0.4 is 4.74 Å². The first kappa shape index (κ1) is 13.8. The number of nitrogens with zero attached hydrogens (tertiary/aromatic N) is 3. The van der Waals surface area contributed by atoms with Gasteiger partial charge < -0.3 is 9.64 Å². The van der Waals surface area contributed by atoms with Gasteiger partial charge in [-0.2, -0.15) is 0 Å². The van der Waals surface area contributed by atoms with Gasteiger partial charge in [-0.1, -0.05) is 0 Å².